The second kappa shape index (κ2) is 5.32. The second-order valence-electron chi connectivity index (χ2n) is 4.78. The highest BCUT2D eigenvalue weighted by atomic mass is 19.1. The third-order valence-corrected chi connectivity index (χ3v) is 2.96. The first-order chi connectivity index (χ1) is 9.36. The first-order valence-corrected chi connectivity index (χ1v) is 6.13. The molecule has 1 unspecified atom stereocenters. The third kappa shape index (κ3) is 2.96. The van der Waals surface area contributed by atoms with E-state index < -0.39 is 17.8 Å². The van der Waals surface area contributed by atoms with Crippen molar-refractivity contribution in [2.75, 3.05) is 5.32 Å². The molecule has 1 aromatic carbocycles. The zero-order valence-corrected chi connectivity index (χ0v) is 11.5. The molecule has 0 fully saturated rings. The van der Waals surface area contributed by atoms with E-state index in [9.17, 15) is 14.3 Å². The number of halogens is 1. The number of carboxylic acids is 1. The Morgan fingerprint density at radius 2 is 2.10 bits per heavy atom. The number of aryl methyl sites for hydroxylation is 3. The van der Waals surface area contributed by atoms with E-state index >= 15 is 0 Å². The van der Waals surface area contributed by atoms with Crippen LogP contribution in [0, 0.1) is 19.7 Å². The predicted molar refractivity (Wildman–Crippen MR) is 73.1 cm³/mol. The highest BCUT2D eigenvalue weighted by molar-refractivity contribution is 5.79. The summed E-state index contributed by atoms with van der Waals surface area (Å²) in [4.78, 5) is 11.4. The molecule has 2 N–H and O–H groups in total. The Morgan fingerprint density at radius 1 is 1.40 bits per heavy atom. The zero-order chi connectivity index (χ0) is 14.9. The molecular formula is C14H16FN3O2. The number of carboxylic acid groups (broad SMARTS) is 1. The number of hydrogen-bond acceptors (Lipinski definition) is 3. The summed E-state index contributed by atoms with van der Waals surface area (Å²) in [7, 11) is 1.72. The molecule has 1 heterocycles. The standard InChI is InChI=1S/C14H16FN3O2/c1-8-4-10(15)6-11(5-8)16-13(14(19)20)12-7-18(3)17-9(12)2/h4-7,13,16H,1-3H3,(H,19,20). The fourth-order valence-corrected chi connectivity index (χ4v) is 2.16. The van der Waals surface area contributed by atoms with Crippen molar-refractivity contribution in [1.29, 1.82) is 0 Å². The Bertz CT molecular complexity index is 632. The van der Waals surface area contributed by atoms with Gasteiger partial charge in [-0.05, 0) is 37.6 Å². The number of hydrogen-bond donors (Lipinski definition) is 2. The summed E-state index contributed by atoms with van der Waals surface area (Å²) >= 11 is 0. The highest BCUT2D eigenvalue weighted by Gasteiger charge is 2.23. The van der Waals surface area contributed by atoms with E-state index in [2.05, 4.69) is 10.4 Å². The summed E-state index contributed by atoms with van der Waals surface area (Å²) in [6.07, 6.45) is 1.65. The lowest BCUT2D eigenvalue weighted by Gasteiger charge is -2.15. The van der Waals surface area contributed by atoms with Gasteiger partial charge in [0.25, 0.3) is 0 Å². The highest BCUT2D eigenvalue weighted by Crippen LogP contribution is 2.23. The molecule has 2 aromatic rings. The number of aliphatic carboxylic acids is 1. The summed E-state index contributed by atoms with van der Waals surface area (Å²) < 4.78 is 14.9. The Balaban J connectivity index is 2.35. The number of benzene rings is 1. The van der Waals surface area contributed by atoms with Gasteiger partial charge in [-0.25, -0.2) is 9.18 Å². The minimum Gasteiger partial charge on any atom is -0.479 e. The first-order valence-electron chi connectivity index (χ1n) is 6.13. The number of carbonyl (C=O) groups is 1. The number of nitrogens with one attached hydrogen (secondary N) is 1. The van der Waals surface area contributed by atoms with Crippen LogP contribution in [0.2, 0.25) is 0 Å². The van der Waals surface area contributed by atoms with Gasteiger partial charge in [0.15, 0.2) is 6.04 Å². The van der Waals surface area contributed by atoms with E-state index in [1.165, 1.54) is 12.1 Å². The van der Waals surface area contributed by atoms with Crippen LogP contribution >= 0.6 is 0 Å². The van der Waals surface area contributed by atoms with Gasteiger partial charge in [0.1, 0.15) is 5.82 Å². The fourth-order valence-electron chi connectivity index (χ4n) is 2.16. The van der Waals surface area contributed by atoms with Crippen molar-refractivity contribution in [3.8, 4) is 0 Å². The topological polar surface area (TPSA) is 67.2 Å². The van der Waals surface area contributed by atoms with Gasteiger partial charge in [0.05, 0.1) is 5.69 Å². The normalized spacial score (nSPS) is 12.2. The Hall–Kier alpha value is -2.37. The first kappa shape index (κ1) is 14.0. The van der Waals surface area contributed by atoms with E-state index in [4.69, 9.17) is 0 Å². The van der Waals surface area contributed by atoms with Crippen molar-refractivity contribution < 1.29 is 14.3 Å². The van der Waals surface area contributed by atoms with Gasteiger partial charge in [0, 0.05) is 24.5 Å². The Morgan fingerprint density at radius 3 is 2.60 bits per heavy atom. The third-order valence-electron chi connectivity index (χ3n) is 2.96. The minimum atomic E-state index is -1.04. The molecular weight excluding hydrogens is 261 g/mol. The lowest BCUT2D eigenvalue weighted by Crippen LogP contribution is -2.21. The van der Waals surface area contributed by atoms with Crippen LogP contribution in [0.25, 0.3) is 0 Å². The van der Waals surface area contributed by atoms with Crippen LogP contribution in [0.5, 0.6) is 0 Å². The fraction of sp³-hybridized carbons (Fsp3) is 0.286. The summed E-state index contributed by atoms with van der Waals surface area (Å²) in [6.45, 7) is 3.49. The number of rotatable bonds is 4. The average Bonchev–Trinajstić information content (AvgIpc) is 2.63. The summed E-state index contributed by atoms with van der Waals surface area (Å²) in [6, 6.07) is 3.39. The van der Waals surface area contributed by atoms with E-state index in [0.717, 1.165) is 5.56 Å². The zero-order valence-electron chi connectivity index (χ0n) is 11.5. The maximum absolute atomic E-state index is 13.4. The lowest BCUT2D eigenvalue weighted by molar-refractivity contribution is -0.138. The molecule has 6 heteroatoms. The van der Waals surface area contributed by atoms with Gasteiger partial charge >= 0.3 is 5.97 Å². The number of anilines is 1. The smallest absolute Gasteiger partial charge is 0.330 e. The van der Waals surface area contributed by atoms with Crippen LogP contribution < -0.4 is 5.32 Å². The van der Waals surface area contributed by atoms with Crippen LogP contribution in [0.3, 0.4) is 0 Å². The molecule has 0 radical (unpaired) electrons. The van der Waals surface area contributed by atoms with Crippen LogP contribution in [0.4, 0.5) is 10.1 Å². The van der Waals surface area contributed by atoms with Crippen molar-refractivity contribution >= 4 is 11.7 Å². The Labute approximate surface area is 116 Å². The van der Waals surface area contributed by atoms with Crippen LogP contribution in [0.15, 0.2) is 24.4 Å². The van der Waals surface area contributed by atoms with Crippen LogP contribution in [-0.2, 0) is 11.8 Å². The SMILES string of the molecule is Cc1cc(F)cc(NC(C(=O)O)c2cn(C)nc2C)c1. The summed E-state index contributed by atoms with van der Waals surface area (Å²) in [5.41, 5.74) is 2.33. The van der Waals surface area contributed by atoms with Crippen molar-refractivity contribution in [3.63, 3.8) is 0 Å². The largest absolute Gasteiger partial charge is 0.479 e. The average molecular weight is 277 g/mol. The summed E-state index contributed by atoms with van der Waals surface area (Å²) in [5, 5.41) is 16.3. The molecule has 0 spiro atoms. The monoisotopic (exact) mass is 277 g/mol. The maximum atomic E-state index is 13.4. The van der Waals surface area contributed by atoms with E-state index in [1.807, 2.05) is 0 Å². The van der Waals surface area contributed by atoms with Crippen LogP contribution in [0.1, 0.15) is 22.9 Å². The van der Waals surface area contributed by atoms with E-state index in [1.54, 1.807) is 37.8 Å². The molecule has 0 aliphatic heterocycles. The second-order valence-corrected chi connectivity index (χ2v) is 4.78. The molecule has 0 amide bonds. The van der Waals surface area contributed by atoms with E-state index in [0.29, 0.717) is 16.9 Å². The van der Waals surface area contributed by atoms with E-state index in [-0.39, 0.29) is 0 Å². The molecule has 1 aromatic heterocycles. The molecule has 0 aliphatic carbocycles. The van der Waals surface area contributed by atoms with Gasteiger partial charge in [-0.3, -0.25) is 4.68 Å². The predicted octanol–water partition coefficient (Wildman–Crippen LogP) is 2.41. The Kier molecular flexibility index (Phi) is 3.74. The van der Waals surface area contributed by atoms with Crippen LogP contribution in [-0.4, -0.2) is 20.9 Å². The lowest BCUT2D eigenvalue weighted by atomic mass is 10.1. The van der Waals surface area contributed by atoms with Crippen molar-refractivity contribution in [2.45, 2.75) is 19.9 Å². The molecule has 0 aliphatic rings. The van der Waals surface area contributed by atoms with Crippen molar-refractivity contribution in [3.05, 3.63) is 47.0 Å². The molecule has 20 heavy (non-hydrogen) atoms. The molecule has 5 nitrogen and oxygen atoms in total. The van der Waals surface area contributed by atoms with Gasteiger partial charge in [-0.2, -0.15) is 5.10 Å². The van der Waals surface area contributed by atoms with Gasteiger partial charge in [0.2, 0.25) is 0 Å². The number of aromatic nitrogens is 2. The van der Waals surface area contributed by atoms with Crippen molar-refractivity contribution in [2.24, 2.45) is 7.05 Å². The summed E-state index contributed by atoms with van der Waals surface area (Å²) in [5.74, 6) is -1.44. The minimum absolute atomic E-state index is 0.403. The molecule has 0 saturated heterocycles. The quantitative estimate of drug-likeness (QED) is 0.900. The van der Waals surface area contributed by atoms with Gasteiger partial charge in [-0.1, -0.05) is 0 Å². The number of nitrogens with zero attached hydrogens (tertiary/aromatic N) is 2. The molecule has 106 valence electrons. The molecule has 0 saturated carbocycles. The molecule has 0 bridgehead atoms. The van der Waals surface area contributed by atoms with Crippen molar-refractivity contribution in [1.82, 2.24) is 9.78 Å². The molecule has 2 rings (SSSR count). The molecule has 1 atom stereocenters. The van der Waals surface area contributed by atoms with Gasteiger partial charge < -0.3 is 10.4 Å². The van der Waals surface area contributed by atoms with Gasteiger partial charge in [-0.15, -0.1) is 0 Å². The maximum Gasteiger partial charge on any atom is 0.330 e.